The normalized spacial score (nSPS) is 17.9. The number of aromatic hydroxyl groups is 1. The van der Waals surface area contributed by atoms with Crippen molar-refractivity contribution in [3.05, 3.63) is 23.3 Å². The number of nitrogens with zero attached hydrogens (tertiary/aromatic N) is 1. The fourth-order valence-electron chi connectivity index (χ4n) is 2.47. The van der Waals surface area contributed by atoms with Gasteiger partial charge in [-0.1, -0.05) is 0 Å². The summed E-state index contributed by atoms with van der Waals surface area (Å²) < 4.78 is 10.7. The van der Waals surface area contributed by atoms with Crippen LogP contribution in [0.2, 0.25) is 0 Å². The molecule has 5 heteroatoms. The maximum atomic E-state index is 10.4. The number of phenolic OH excluding ortho intramolecular Hbond substituents is 1. The number of benzene rings is 1. The number of nitrogens with two attached hydrogens (primary N) is 1. The zero-order chi connectivity index (χ0) is 14.5. The van der Waals surface area contributed by atoms with E-state index in [2.05, 4.69) is 4.90 Å². The molecule has 0 amide bonds. The maximum absolute atomic E-state index is 10.4. The van der Waals surface area contributed by atoms with Crippen LogP contribution >= 0.6 is 0 Å². The van der Waals surface area contributed by atoms with Gasteiger partial charge in [-0.25, -0.2) is 0 Å². The lowest BCUT2D eigenvalue weighted by Gasteiger charge is -2.27. The first-order valence-corrected chi connectivity index (χ1v) is 7.04. The molecule has 1 fully saturated rings. The molecule has 3 N–H and O–H groups in total. The van der Waals surface area contributed by atoms with Crippen molar-refractivity contribution in [2.45, 2.75) is 25.9 Å². The number of hydrogen-bond donors (Lipinski definition) is 2. The van der Waals surface area contributed by atoms with E-state index in [4.69, 9.17) is 15.2 Å². The van der Waals surface area contributed by atoms with Crippen LogP contribution in [0.5, 0.6) is 11.5 Å². The van der Waals surface area contributed by atoms with Crippen LogP contribution in [0.3, 0.4) is 0 Å². The van der Waals surface area contributed by atoms with Crippen molar-refractivity contribution in [1.29, 1.82) is 0 Å². The Hall–Kier alpha value is -1.30. The number of morpholine rings is 1. The highest BCUT2D eigenvalue weighted by atomic mass is 16.5. The highest BCUT2D eigenvalue weighted by molar-refractivity contribution is 5.46. The highest BCUT2D eigenvalue weighted by Crippen LogP contribution is 2.30. The van der Waals surface area contributed by atoms with Gasteiger partial charge in [-0.05, 0) is 31.0 Å². The van der Waals surface area contributed by atoms with Gasteiger partial charge in [-0.15, -0.1) is 0 Å². The molecule has 1 aromatic rings. The lowest BCUT2D eigenvalue weighted by molar-refractivity contribution is 0.0338. The fourth-order valence-corrected chi connectivity index (χ4v) is 2.47. The molecule has 1 saturated heterocycles. The second-order valence-corrected chi connectivity index (χ2v) is 5.36. The van der Waals surface area contributed by atoms with E-state index in [1.807, 2.05) is 19.1 Å². The Morgan fingerprint density at radius 1 is 1.35 bits per heavy atom. The van der Waals surface area contributed by atoms with E-state index in [1.165, 1.54) is 0 Å². The summed E-state index contributed by atoms with van der Waals surface area (Å²) in [5.41, 5.74) is 7.58. The van der Waals surface area contributed by atoms with Gasteiger partial charge in [-0.2, -0.15) is 0 Å². The Balaban J connectivity index is 2.21. The van der Waals surface area contributed by atoms with Crippen molar-refractivity contribution in [3.63, 3.8) is 0 Å². The van der Waals surface area contributed by atoms with Crippen LogP contribution in [-0.4, -0.2) is 49.5 Å². The predicted octanol–water partition coefficient (Wildman–Crippen LogP) is 1.12. The average molecular weight is 280 g/mol. The molecule has 1 atom stereocenters. The minimum absolute atomic E-state index is 0.00393. The number of methoxy groups -OCH3 is 1. The molecule has 1 aliphatic rings. The van der Waals surface area contributed by atoms with Gasteiger partial charge in [0, 0.05) is 31.2 Å². The van der Waals surface area contributed by atoms with E-state index in [-0.39, 0.29) is 6.04 Å². The SMILES string of the molecule is COc1cc(CC(C)N)c(O)c(CN2CCOCC2)c1. The fraction of sp³-hybridized carbons (Fsp3) is 0.600. The molecule has 0 bridgehead atoms. The third-order valence-electron chi connectivity index (χ3n) is 3.52. The van der Waals surface area contributed by atoms with Gasteiger partial charge in [0.05, 0.1) is 20.3 Å². The summed E-state index contributed by atoms with van der Waals surface area (Å²) in [4.78, 5) is 2.27. The molecule has 0 aliphatic carbocycles. The lowest BCUT2D eigenvalue weighted by Crippen LogP contribution is -2.35. The second kappa shape index (κ2) is 6.92. The van der Waals surface area contributed by atoms with Crippen molar-refractivity contribution >= 4 is 0 Å². The Bertz CT molecular complexity index is 443. The molecule has 0 aromatic heterocycles. The van der Waals surface area contributed by atoms with Crippen LogP contribution in [0.4, 0.5) is 0 Å². The molecule has 1 aliphatic heterocycles. The lowest BCUT2D eigenvalue weighted by atomic mass is 10.0. The quantitative estimate of drug-likeness (QED) is 0.846. The van der Waals surface area contributed by atoms with E-state index in [1.54, 1.807) is 7.11 Å². The van der Waals surface area contributed by atoms with Crippen molar-refractivity contribution < 1.29 is 14.6 Å². The first kappa shape index (κ1) is 15.1. The molecule has 0 spiro atoms. The summed E-state index contributed by atoms with van der Waals surface area (Å²) in [7, 11) is 1.64. The van der Waals surface area contributed by atoms with Gasteiger partial charge in [0.25, 0.3) is 0 Å². The molecule has 1 unspecified atom stereocenters. The summed E-state index contributed by atoms with van der Waals surface area (Å²) in [5.74, 6) is 1.11. The van der Waals surface area contributed by atoms with E-state index in [0.29, 0.717) is 18.7 Å². The first-order valence-electron chi connectivity index (χ1n) is 7.04. The van der Waals surface area contributed by atoms with Gasteiger partial charge in [-0.3, -0.25) is 4.90 Å². The Kier molecular flexibility index (Phi) is 5.23. The Morgan fingerprint density at radius 3 is 2.60 bits per heavy atom. The molecule has 112 valence electrons. The monoisotopic (exact) mass is 280 g/mol. The van der Waals surface area contributed by atoms with Crippen LogP contribution < -0.4 is 10.5 Å². The molecule has 2 rings (SSSR count). The molecule has 20 heavy (non-hydrogen) atoms. The highest BCUT2D eigenvalue weighted by Gasteiger charge is 2.16. The Labute approximate surface area is 120 Å². The third kappa shape index (κ3) is 3.85. The zero-order valence-corrected chi connectivity index (χ0v) is 12.3. The number of hydrogen-bond acceptors (Lipinski definition) is 5. The Morgan fingerprint density at radius 2 is 2.00 bits per heavy atom. The third-order valence-corrected chi connectivity index (χ3v) is 3.52. The summed E-state index contributed by atoms with van der Waals surface area (Å²) in [5, 5.41) is 10.4. The second-order valence-electron chi connectivity index (χ2n) is 5.36. The van der Waals surface area contributed by atoms with Gasteiger partial charge in [0.15, 0.2) is 0 Å². The van der Waals surface area contributed by atoms with Crippen molar-refractivity contribution in [1.82, 2.24) is 4.90 Å². The summed E-state index contributed by atoms with van der Waals surface area (Å²) in [6.07, 6.45) is 0.638. The molecule has 1 aromatic carbocycles. The molecule has 1 heterocycles. The summed E-state index contributed by atoms with van der Waals surface area (Å²) in [6.45, 7) is 5.91. The summed E-state index contributed by atoms with van der Waals surface area (Å²) in [6, 6.07) is 3.76. The maximum Gasteiger partial charge on any atom is 0.123 e. The molecular weight excluding hydrogens is 256 g/mol. The number of ether oxygens (including phenoxy) is 2. The van der Waals surface area contributed by atoms with Crippen molar-refractivity contribution in [2.24, 2.45) is 5.73 Å². The van der Waals surface area contributed by atoms with Crippen LogP contribution in [0.25, 0.3) is 0 Å². The van der Waals surface area contributed by atoms with E-state index in [0.717, 1.165) is 43.2 Å². The predicted molar refractivity (Wildman–Crippen MR) is 78.1 cm³/mol. The first-order chi connectivity index (χ1) is 9.60. The van der Waals surface area contributed by atoms with Gasteiger partial charge >= 0.3 is 0 Å². The standard InChI is InChI=1S/C15H24N2O3/c1-11(16)7-12-8-14(19-2)9-13(15(12)18)10-17-3-5-20-6-4-17/h8-9,11,18H,3-7,10,16H2,1-2H3. The van der Waals surface area contributed by atoms with Gasteiger partial charge in [0.1, 0.15) is 11.5 Å². The van der Waals surface area contributed by atoms with Crippen molar-refractivity contribution in [2.75, 3.05) is 33.4 Å². The zero-order valence-electron chi connectivity index (χ0n) is 12.3. The van der Waals surface area contributed by atoms with Crippen LogP contribution in [0.1, 0.15) is 18.1 Å². The molecule has 5 nitrogen and oxygen atoms in total. The van der Waals surface area contributed by atoms with E-state index < -0.39 is 0 Å². The molecular formula is C15H24N2O3. The minimum atomic E-state index is 0.00393. The van der Waals surface area contributed by atoms with Crippen LogP contribution in [-0.2, 0) is 17.7 Å². The smallest absolute Gasteiger partial charge is 0.123 e. The average Bonchev–Trinajstić information content (AvgIpc) is 2.43. The summed E-state index contributed by atoms with van der Waals surface area (Å²) >= 11 is 0. The van der Waals surface area contributed by atoms with Gasteiger partial charge < -0.3 is 20.3 Å². The van der Waals surface area contributed by atoms with E-state index in [9.17, 15) is 5.11 Å². The largest absolute Gasteiger partial charge is 0.507 e. The minimum Gasteiger partial charge on any atom is -0.507 e. The topological polar surface area (TPSA) is 68.0 Å². The van der Waals surface area contributed by atoms with Crippen LogP contribution in [0.15, 0.2) is 12.1 Å². The number of phenols is 1. The van der Waals surface area contributed by atoms with Crippen LogP contribution in [0, 0.1) is 0 Å². The number of rotatable bonds is 5. The van der Waals surface area contributed by atoms with E-state index >= 15 is 0 Å². The molecule has 0 radical (unpaired) electrons. The van der Waals surface area contributed by atoms with Crippen molar-refractivity contribution in [3.8, 4) is 11.5 Å². The molecule has 0 saturated carbocycles. The van der Waals surface area contributed by atoms with Gasteiger partial charge in [0.2, 0.25) is 0 Å².